The number of amides is 1. The minimum absolute atomic E-state index is 0.264. The molecule has 1 aromatic carbocycles. The van der Waals surface area contributed by atoms with Crippen LogP contribution in [0, 0.1) is 5.92 Å². The van der Waals surface area contributed by atoms with Crippen LogP contribution in [0.2, 0.25) is 0 Å². The Kier molecular flexibility index (Phi) is 6.07. The summed E-state index contributed by atoms with van der Waals surface area (Å²) in [6, 6.07) is 14.5. The number of hydrogen-bond acceptors (Lipinski definition) is 3. The molecule has 1 aliphatic heterocycles. The molecule has 0 radical (unpaired) electrons. The molecule has 24 heavy (non-hydrogen) atoms. The van der Waals surface area contributed by atoms with Crippen molar-refractivity contribution >= 4 is 5.91 Å². The third-order valence-corrected chi connectivity index (χ3v) is 4.73. The molecule has 0 atom stereocenters. The normalized spacial score (nSPS) is 15.6. The number of piperidine rings is 1. The second kappa shape index (κ2) is 8.69. The molecule has 1 amide bonds. The van der Waals surface area contributed by atoms with Crippen molar-refractivity contribution in [3.63, 3.8) is 0 Å². The fraction of sp³-hybridized carbons (Fsp3) is 0.450. The summed E-state index contributed by atoms with van der Waals surface area (Å²) in [7, 11) is 0. The van der Waals surface area contributed by atoms with Crippen molar-refractivity contribution in [1.82, 2.24) is 10.2 Å². The third kappa shape index (κ3) is 4.96. The van der Waals surface area contributed by atoms with Crippen LogP contribution in [0.4, 0.5) is 0 Å². The highest BCUT2D eigenvalue weighted by Gasteiger charge is 2.22. The standard InChI is InChI=1S/C20H26N2O2/c23-20(8-11-21-16-19-7-4-14-24-19)22-12-9-18(10-13-22)15-17-5-2-1-3-6-17/h1-7,14,18,21H,8-13,15-16H2. The monoisotopic (exact) mass is 326 g/mol. The van der Waals surface area contributed by atoms with Crippen molar-refractivity contribution in [2.24, 2.45) is 5.92 Å². The first-order valence-corrected chi connectivity index (χ1v) is 8.86. The van der Waals surface area contributed by atoms with Crippen LogP contribution < -0.4 is 5.32 Å². The van der Waals surface area contributed by atoms with Gasteiger partial charge in [0.2, 0.25) is 5.91 Å². The molecule has 0 aliphatic carbocycles. The summed E-state index contributed by atoms with van der Waals surface area (Å²) >= 11 is 0. The van der Waals surface area contributed by atoms with Gasteiger partial charge in [-0.25, -0.2) is 0 Å². The molecule has 4 heteroatoms. The number of furan rings is 1. The first-order valence-electron chi connectivity index (χ1n) is 8.86. The largest absolute Gasteiger partial charge is 0.468 e. The Bertz CT molecular complexity index is 602. The van der Waals surface area contributed by atoms with Crippen molar-refractivity contribution in [2.45, 2.75) is 32.2 Å². The molecule has 1 aromatic heterocycles. The Balaban J connectivity index is 1.33. The van der Waals surface area contributed by atoms with E-state index in [9.17, 15) is 4.79 Å². The van der Waals surface area contributed by atoms with Gasteiger partial charge in [-0.05, 0) is 42.9 Å². The van der Waals surface area contributed by atoms with Gasteiger partial charge in [-0.2, -0.15) is 0 Å². The number of rotatable bonds is 7. The van der Waals surface area contributed by atoms with Crippen LogP contribution >= 0.6 is 0 Å². The lowest BCUT2D eigenvalue weighted by Crippen LogP contribution is -2.39. The number of nitrogens with zero attached hydrogens (tertiary/aromatic N) is 1. The summed E-state index contributed by atoms with van der Waals surface area (Å²) in [5.41, 5.74) is 1.41. The average molecular weight is 326 g/mol. The van der Waals surface area contributed by atoms with Crippen LogP contribution in [0.5, 0.6) is 0 Å². The Labute approximate surface area is 143 Å². The Morgan fingerprint density at radius 3 is 2.62 bits per heavy atom. The van der Waals surface area contributed by atoms with Crippen LogP contribution in [-0.2, 0) is 17.8 Å². The van der Waals surface area contributed by atoms with E-state index in [2.05, 4.69) is 35.6 Å². The van der Waals surface area contributed by atoms with E-state index in [1.807, 2.05) is 17.0 Å². The van der Waals surface area contributed by atoms with Crippen molar-refractivity contribution in [3.8, 4) is 0 Å². The Morgan fingerprint density at radius 1 is 1.12 bits per heavy atom. The zero-order valence-corrected chi connectivity index (χ0v) is 14.1. The minimum atomic E-state index is 0.264. The van der Waals surface area contributed by atoms with E-state index in [4.69, 9.17) is 4.42 Å². The van der Waals surface area contributed by atoms with Gasteiger partial charge in [-0.1, -0.05) is 30.3 Å². The van der Waals surface area contributed by atoms with Gasteiger partial charge < -0.3 is 14.6 Å². The molecule has 128 valence electrons. The van der Waals surface area contributed by atoms with E-state index in [1.165, 1.54) is 5.56 Å². The van der Waals surface area contributed by atoms with Gasteiger partial charge in [0.1, 0.15) is 5.76 Å². The molecule has 0 spiro atoms. The van der Waals surface area contributed by atoms with Gasteiger partial charge in [-0.3, -0.25) is 4.79 Å². The Hall–Kier alpha value is -2.07. The molecule has 1 saturated heterocycles. The van der Waals surface area contributed by atoms with Crippen molar-refractivity contribution in [2.75, 3.05) is 19.6 Å². The molecule has 1 aliphatic rings. The van der Waals surface area contributed by atoms with Crippen LogP contribution in [0.3, 0.4) is 0 Å². The third-order valence-electron chi connectivity index (χ3n) is 4.73. The first-order chi connectivity index (χ1) is 11.8. The average Bonchev–Trinajstić information content (AvgIpc) is 3.13. The van der Waals surface area contributed by atoms with E-state index < -0.39 is 0 Å². The zero-order chi connectivity index (χ0) is 16.6. The highest BCUT2D eigenvalue weighted by molar-refractivity contribution is 5.76. The van der Waals surface area contributed by atoms with Crippen molar-refractivity contribution in [3.05, 3.63) is 60.1 Å². The number of likely N-dealkylation sites (tertiary alicyclic amines) is 1. The van der Waals surface area contributed by atoms with Crippen molar-refractivity contribution < 1.29 is 9.21 Å². The summed E-state index contributed by atoms with van der Waals surface area (Å²) in [6.45, 7) is 3.17. The van der Waals surface area contributed by atoms with E-state index in [1.54, 1.807) is 6.26 Å². The maximum atomic E-state index is 12.3. The molecule has 4 nitrogen and oxygen atoms in total. The summed E-state index contributed by atoms with van der Waals surface area (Å²) < 4.78 is 5.26. The quantitative estimate of drug-likeness (QED) is 0.795. The van der Waals surface area contributed by atoms with Crippen LogP contribution in [0.1, 0.15) is 30.6 Å². The number of hydrogen-bond donors (Lipinski definition) is 1. The smallest absolute Gasteiger partial charge is 0.223 e. The summed E-state index contributed by atoms with van der Waals surface area (Å²) in [4.78, 5) is 14.3. The molecule has 1 fully saturated rings. The second-order valence-electron chi connectivity index (χ2n) is 6.52. The molecular formula is C20H26N2O2. The molecule has 2 aromatic rings. The zero-order valence-electron chi connectivity index (χ0n) is 14.1. The van der Waals surface area contributed by atoms with Crippen LogP contribution in [-0.4, -0.2) is 30.4 Å². The van der Waals surface area contributed by atoms with Gasteiger partial charge in [0.05, 0.1) is 12.8 Å². The van der Waals surface area contributed by atoms with E-state index in [0.29, 0.717) is 25.4 Å². The summed E-state index contributed by atoms with van der Waals surface area (Å²) in [5, 5.41) is 3.26. The minimum Gasteiger partial charge on any atom is -0.468 e. The van der Waals surface area contributed by atoms with Crippen LogP contribution in [0.15, 0.2) is 53.1 Å². The maximum absolute atomic E-state index is 12.3. The van der Waals surface area contributed by atoms with Crippen LogP contribution in [0.25, 0.3) is 0 Å². The molecular weight excluding hydrogens is 300 g/mol. The SMILES string of the molecule is O=C(CCNCc1ccco1)N1CCC(Cc2ccccc2)CC1. The second-order valence-corrected chi connectivity index (χ2v) is 6.52. The lowest BCUT2D eigenvalue weighted by atomic mass is 9.90. The maximum Gasteiger partial charge on any atom is 0.223 e. The number of nitrogens with one attached hydrogen (secondary N) is 1. The topological polar surface area (TPSA) is 45.5 Å². The highest BCUT2D eigenvalue weighted by atomic mass is 16.3. The fourth-order valence-electron chi connectivity index (χ4n) is 3.31. The molecule has 3 rings (SSSR count). The molecule has 2 heterocycles. The van der Waals surface area contributed by atoms with Gasteiger partial charge in [0.15, 0.2) is 0 Å². The van der Waals surface area contributed by atoms with Gasteiger partial charge in [-0.15, -0.1) is 0 Å². The molecule has 0 bridgehead atoms. The van der Waals surface area contributed by atoms with Gasteiger partial charge in [0.25, 0.3) is 0 Å². The summed E-state index contributed by atoms with van der Waals surface area (Å²) in [6.07, 6.45) is 5.58. The first kappa shape index (κ1) is 16.8. The van der Waals surface area contributed by atoms with Gasteiger partial charge >= 0.3 is 0 Å². The lowest BCUT2D eigenvalue weighted by Gasteiger charge is -2.32. The molecule has 0 unspecified atom stereocenters. The number of benzene rings is 1. The fourth-order valence-corrected chi connectivity index (χ4v) is 3.31. The van der Waals surface area contributed by atoms with Crippen molar-refractivity contribution in [1.29, 1.82) is 0 Å². The molecule has 1 N–H and O–H groups in total. The Morgan fingerprint density at radius 2 is 1.92 bits per heavy atom. The molecule has 0 saturated carbocycles. The summed E-state index contributed by atoms with van der Waals surface area (Å²) in [5.74, 6) is 1.87. The van der Waals surface area contributed by atoms with E-state index >= 15 is 0 Å². The van der Waals surface area contributed by atoms with E-state index in [0.717, 1.165) is 38.1 Å². The highest BCUT2D eigenvalue weighted by Crippen LogP contribution is 2.22. The lowest BCUT2D eigenvalue weighted by molar-refractivity contribution is -0.132. The van der Waals surface area contributed by atoms with E-state index in [-0.39, 0.29) is 5.91 Å². The van der Waals surface area contributed by atoms with Gasteiger partial charge in [0, 0.05) is 26.1 Å². The predicted molar refractivity (Wildman–Crippen MR) is 94.5 cm³/mol. The number of carbonyl (C=O) groups is 1. The predicted octanol–water partition coefficient (Wildman–Crippen LogP) is 3.24. The number of carbonyl (C=O) groups excluding carboxylic acids is 1.